The van der Waals surface area contributed by atoms with E-state index in [2.05, 4.69) is 53.5 Å². The molecule has 0 bridgehead atoms. The maximum atomic E-state index is 10.1. The maximum Gasteiger partial charge on any atom is 0.205 e. The second-order valence-corrected chi connectivity index (χ2v) is 7.96. The Morgan fingerprint density at radius 3 is 2.34 bits per heavy atom. The number of aromatic amines is 1. The van der Waals surface area contributed by atoms with Crippen molar-refractivity contribution in [3.8, 4) is 23.1 Å². The highest BCUT2D eigenvalue weighted by Crippen LogP contribution is 2.49. The molecule has 152 valence electrons. The lowest BCUT2D eigenvalue weighted by atomic mass is 9.80. The third-order valence-corrected chi connectivity index (χ3v) is 6.21. The van der Waals surface area contributed by atoms with Crippen molar-refractivity contribution in [3.05, 3.63) is 114 Å². The van der Waals surface area contributed by atoms with Crippen LogP contribution < -0.4 is 10.5 Å². The molecule has 1 aliphatic rings. The van der Waals surface area contributed by atoms with Crippen molar-refractivity contribution in [2.24, 2.45) is 5.73 Å². The molecule has 3 N–H and O–H groups in total. The molecule has 2 heterocycles. The zero-order valence-electron chi connectivity index (χ0n) is 17.2. The molecule has 4 heteroatoms. The van der Waals surface area contributed by atoms with Crippen LogP contribution in [0.2, 0.25) is 0 Å². The average molecular weight is 413 g/mol. The van der Waals surface area contributed by atoms with Crippen molar-refractivity contribution in [1.29, 1.82) is 5.26 Å². The number of nitrogens with zero attached hydrogens (tertiary/aromatic N) is 1. The van der Waals surface area contributed by atoms with E-state index < -0.39 is 0 Å². The maximum absolute atomic E-state index is 10.1. The van der Waals surface area contributed by atoms with E-state index in [1.807, 2.05) is 48.5 Å². The van der Waals surface area contributed by atoms with Gasteiger partial charge >= 0.3 is 0 Å². The van der Waals surface area contributed by atoms with Crippen LogP contribution in [-0.4, -0.2) is 4.98 Å². The van der Waals surface area contributed by atoms with E-state index in [9.17, 15) is 5.26 Å². The van der Waals surface area contributed by atoms with Crippen LogP contribution in [0.5, 0.6) is 5.75 Å². The Hall–Kier alpha value is -4.49. The number of hydrogen-bond donors (Lipinski definition) is 2. The fourth-order valence-electron chi connectivity index (χ4n) is 4.78. The zero-order valence-corrected chi connectivity index (χ0v) is 17.2. The first-order chi connectivity index (χ1) is 15.8. The van der Waals surface area contributed by atoms with Gasteiger partial charge in [-0.1, -0.05) is 84.9 Å². The van der Waals surface area contributed by atoms with Crippen LogP contribution in [0, 0.1) is 11.3 Å². The molecule has 1 atom stereocenters. The van der Waals surface area contributed by atoms with Crippen LogP contribution in [0.15, 0.2) is 102 Å². The molecule has 0 amide bonds. The lowest BCUT2D eigenvalue weighted by Crippen LogP contribution is -2.21. The SMILES string of the molecule is N#CC1=C(N)Oc2c(ccc3ccccc23)C1c1c(-c2ccccc2)[nH]c2ccccc12. The minimum absolute atomic E-state index is 0.158. The Balaban J connectivity index is 1.72. The monoisotopic (exact) mass is 413 g/mol. The van der Waals surface area contributed by atoms with Gasteiger partial charge in [-0.25, -0.2) is 0 Å². The summed E-state index contributed by atoms with van der Waals surface area (Å²) in [5.74, 6) is 0.527. The quantitative estimate of drug-likeness (QED) is 0.361. The van der Waals surface area contributed by atoms with Gasteiger partial charge in [0.05, 0.1) is 11.6 Å². The van der Waals surface area contributed by atoms with E-state index in [1.54, 1.807) is 0 Å². The predicted molar refractivity (Wildman–Crippen MR) is 127 cm³/mol. The lowest BCUT2D eigenvalue weighted by molar-refractivity contribution is 0.399. The summed E-state index contributed by atoms with van der Waals surface area (Å²) in [5, 5.41) is 13.2. The predicted octanol–water partition coefficient (Wildman–Crippen LogP) is 6.21. The summed E-state index contributed by atoms with van der Waals surface area (Å²) < 4.78 is 6.06. The number of nitrogens with two attached hydrogens (primary N) is 1. The molecule has 0 fully saturated rings. The van der Waals surface area contributed by atoms with E-state index >= 15 is 0 Å². The van der Waals surface area contributed by atoms with Crippen LogP contribution in [0.1, 0.15) is 17.0 Å². The van der Waals surface area contributed by atoms with Gasteiger partial charge in [0.2, 0.25) is 5.88 Å². The Morgan fingerprint density at radius 2 is 1.53 bits per heavy atom. The highest BCUT2D eigenvalue weighted by Gasteiger charge is 2.35. The second-order valence-electron chi connectivity index (χ2n) is 7.96. The number of para-hydroxylation sites is 1. The van der Waals surface area contributed by atoms with Gasteiger partial charge in [0.15, 0.2) is 0 Å². The van der Waals surface area contributed by atoms with Crippen LogP contribution in [-0.2, 0) is 0 Å². The molecular formula is C28H19N3O. The van der Waals surface area contributed by atoms with Gasteiger partial charge in [-0.15, -0.1) is 0 Å². The van der Waals surface area contributed by atoms with Gasteiger partial charge in [-0.2, -0.15) is 5.26 Å². The summed E-state index contributed by atoms with van der Waals surface area (Å²) in [5.41, 5.74) is 11.8. The summed E-state index contributed by atoms with van der Waals surface area (Å²) >= 11 is 0. The molecule has 4 nitrogen and oxygen atoms in total. The normalized spacial score (nSPS) is 15.4. The summed E-state index contributed by atoms with van der Waals surface area (Å²) in [4.78, 5) is 3.59. The minimum atomic E-state index is -0.347. The smallest absolute Gasteiger partial charge is 0.205 e. The van der Waals surface area contributed by atoms with Gasteiger partial charge in [0.1, 0.15) is 17.4 Å². The van der Waals surface area contributed by atoms with Crippen molar-refractivity contribution >= 4 is 21.7 Å². The number of H-pyrrole nitrogens is 1. The van der Waals surface area contributed by atoms with Crippen LogP contribution >= 0.6 is 0 Å². The fraction of sp³-hybridized carbons (Fsp3) is 0.0357. The van der Waals surface area contributed by atoms with Crippen LogP contribution in [0.25, 0.3) is 32.9 Å². The summed E-state index contributed by atoms with van der Waals surface area (Å²) in [6.45, 7) is 0. The minimum Gasteiger partial charge on any atom is -0.440 e. The number of benzene rings is 4. The summed E-state index contributed by atoms with van der Waals surface area (Å²) in [6.07, 6.45) is 0. The highest BCUT2D eigenvalue weighted by molar-refractivity contribution is 5.95. The Morgan fingerprint density at radius 1 is 0.812 bits per heavy atom. The standard InChI is InChI=1S/C28H19N3O/c29-16-22-24(21-15-14-17-8-4-5-11-19(17)27(21)32-28(22)30)25-20-12-6-7-13-23(20)31-26(25)18-9-2-1-3-10-18/h1-15,24,31H,30H2. The molecule has 1 aromatic heterocycles. The number of aromatic nitrogens is 1. The van der Waals surface area contributed by atoms with E-state index in [0.29, 0.717) is 11.3 Å². The van der Waals surface area contributed by atoms with Crippen molar-refractivity contribution < 1.29 is 4.74 Å². The first kappa shape index (κ1) is 18.3. The number of hydrogen-bond acceptors (Lipinski definition) is 3. The number of ether oxygens (including phenoxy) is 1. The van der Waals surface area contributed by atoms with Crippen molar-refractivity contribution in [1.82, 2.24) is 4.98 Å². The third-order valence-electron chi connectivity index (χ3n) is 6.21. The van der Waals surface area contributed by atoms with Gasteiger partial charge in [-0.3, -0.25) is 0 Å². The Kier molecular flexibility index (Phi) is 4.02. The molecule has 0 radical (unpaired) electrons. The molecule has 32 heavy (non-hydrogen) atoms. The number of rotatable bonds is 2. The van der Waals surface area contributed by atoms with E-state index in [1.165, 1.54) is 0 Å². The fourth-order valence-corrected chi connectivity index (χ4v) is 4.78. The highest BCUT2D eigenvalue weighted by atomic mass is 16.5. The zero-order chi connectivity index (χ0) is 21.7. The van der Waals surface area contributed by atoms with Crippen LogP contribution in [0.3, 0.4) is 0 Å². The Labute approximate surface area is 185 Å². The van der Waals surface area contributed by atoms with E-state index in [0.717, 1.165) is 44.1 Å². The number of allylic oxidation sites excluding steroid dienone is 1. The first-order valence-electron chi connectivity index (χ1n) is 10.5. The molecule has 0 saturated heterocycles. The molecule has 1 aliphatic heterocycles. The number of nitrogens with one attached hydrogen (secondary N) is 1. The second kappa shape index (κ2) is 7.04. The van der Waals surface area contributed by atoms with Crippen molar-refractivity contribution in [2.45, 2.75) is 5.92 Å². The Bertz CT molecular complexity index is 1570. The summed E-state index contributed by atoms with van der Waals surface area (Å²) in [6, 6.07) is 32.9. The molecule has 6 rings (SSSR count). The molecular weight excluding hydrogens is 394 g/mol. The molecule has 0 aliphatic carbocycles. The van der Waals surface area contributed by atoms with Gasteiger partial charge < -0.3 is 15.5 Å². The average Bonchev–Trinajstić information content (AvgIpc) is 3.23. The molecule has 4 aromatic carbocycles. The molecule has 0 spiro atoms. The molecule has 1 unspecified atom stereocenters. The molecule has 0 saturated carbocycles. The third kappa shape index (κ3) is 2.62. The van der Waals surface area contributed by atoms with Gasteiger partial charge in [0, 0.05) is 21.9 Å². The van der Waals surface area contributed by atoms with Crippen molar-refractivity contribution in [2.75, 3.05) is 0 Å². The lowest BCUT2D eigenvalue weighted by Gasteiger charge is -2.28. The topological polar surface area (TPSA) is 74.8 Å². The van der Waals surface area contributed by atoms with E-state index in [-0.39, 0.29) is 11.8 Å². The number of nitriles is 1. The number of fused-ring (bicyclic) bond motifs is 4. The summed E-state index contributed by atoms with van der Waals surface area (Å²) in [7, 11) is 0. The van der Waals surface area contributed by atoms with E-state index in [4.69, 9.17) is 10.5 Å². The first-order valence-corrected chi connectivity index (χ1v) is 10.5. The molecule has 5 aromatic rings. The van der Waals surface area contributed by atoms with Gasteiger partial charge in [0.25, 0.3) is 0 Å². The van der Waals surface area contributed by atoms with Crippen molar-refractivity contribution in [3.63, 3.8) is 0 Å². The van der Waals surface area contributed by atoms with Crippen LogP contribution in [0.4, 0.5) is 0 Å². The van der Waals surface area contributed by atoms with Gasteiger partial charge in [-0.05, 0) is 22.6 Å². The largest absolute Gasteiger partial charge is 0.440 e.